The Morgan fingerprint density at radius 1 is 1.43 bits per heavy atom. The highest BCUT2D eigenvalue weighted by Crippen LogP contribution is 2.37. The van der Waals surface area contributed by atoms with E-state index in [0.29, 0.717) is 6.61 Å². The van der Waals surface area contributed by atoms with Crippen molar-refractivity contribution in [3.63, 3.8) is 0 Å². The first-order valence-electron chi connectivity index (χ1n) is 7.65. The molecule has 21 heavy (non-hydrogen) atoms. The Bertz CT molecular complexity index is 546. The maximum Gasteiger partial charge on any atom is 0.310 e. The molecule has 0 aliphatic heterocycles. The van der Waals surface area contributed by atoms with Crippen molar-refractivity contribution >= 4 is 5.97 Å². The second-order valence-electron chi connectivity index (χ2n) is 5.53. The lowest BCUT2D eigenvalue weighted by molar-refractivity contribution is -0.142. The Morgan fingerprint density at radius 3 is 2.81 bits per heavy atom. The summed E-state index contributed by atoms with van der Waals surface area (Å²) in [4.78, 5) is 11.8. The maximum absolute atomic E-state index is 11.8. The molecular formula is C18H24O3. The van der Waals surface area contributed by atoms with E-state index < -0.39 is 0 Å². The second-order valence-corrected chi connectivity index (χ2v) is 5.53. The molecule has 1 unspecified atom stereocenters. The highest BCUT2D eigenvalue weighted by atomic mass is 16.5. The van der Waals surface area contributed by atoms with Crippen LogP contribution in [0.4, 0.5) is 0 Å². The number of benzene rings is 1. The first-order valence-corrected chi connectivity index (χ1v) is 7.65. The molecule has 1 aliphatic rings. The zero-order valence-electron chi connectivity index (χ0n) is 13.2. The van der Waals surface area contributed by atoms with Crippen molar-refractivity contribution in [3.05, 3.63) is 41.0 Å². The first kappa shape index (κ1) is 15.6. The average Bonchev–Trinajstić information content (AvgIpc) is 2.93. The molecule has 0 saturated heterocycles. The molecule has 0 spiro atoms. The van der Waals surface area contributed by atoms with Crippen LogP contribution in [0.2, 0.25) is 0 Å². The molecule has 3 nitrogen and oxygen atoms in total. The number of aryl methyl sites for hydroxylation is 1. The molecule has 0 heterocycles. The maximum atomic E-state index is 11.8. The van der Waals surface area contributed by atoms with Crippen LogP contribution >= 0.6 is 0 Å². The summed E-state index contributed by atoms with van der Waals surface area (Å²) in [5.74, 6) is 0.666. The van der Waals surface area contributed by atoms with Crippen LogP contribution in [-0.4, -0.2) is 18.7 Å². The SMILES string of the molecule is C=CC(C)Oc1c(CC(=O)OCC)cc(C)c2c1CCC2. The van der Waals surface area contributed by atoms with Crippen LogP contribution in [0.25, 0.3) is 0 Å². The molecule has 114 valence electrons. The van der Waals surface area contributed by atoms with E-state index in [1.54, 1.807) is 6.08 Å². The van der Waals surface area contributed by atoms with Gasteiger partial charge in [-0.25, -0.2) is 0 Å². The Balaban J connectivity index is 2.39. The summed E-state index contributed by atoms with van der Waals surface area (Å²) in [5.41, 5.74) is 4.83. The van der Waals surface area contributed by atoms with Crippen LogP contribution in [0.1, 0.15) is 42.5 Å². The molecule has 0 fully saturated rings. The summed E-state index contributed by atoms with van der Waals surface area (Å²) in [7, 11) is 0. The molecule has 0 aromatic heterocycles. The van der Waals surface area contributed by atoms with Gasteiger partial charge in [0.1, 0.15) is 11.9 Å². The largest absolute Gasteiger partial charge is 0.486 e. The fourth-order valence-electron chi connectivity index (χ4n) is 2.92. The third-order valence-electron chi connectivity index (χ3n) is 3.93. The van der Waals surface area contributed by atoms with E-state index in [9.17, 15) is 4.79 Å². The smallest absolute Gasteiger partial charge is 0.310 e. The summed E-state index contributed by atoms with van der Waals surface area (Å²) in [5, 5.41) is 0. The summed E-state index contributed by atoms with van der Waals surface area (Å²) in [6.45, 7) is 10.1. The molecule has 1 aliphatic carbocycles. The Morgan fingerprint density at radius 2 is 2.14 bits per heavy atom. The van der Waals surface area contributed by atoms with Gasteiger partial charge in [0.25, 0.3) is 0 Å². The Kier molecular flexibility index (Phi) is 5.05. The topological polar surface area (TPSA) is 35.5 Å². The van der Waals surface area contributed by atoms with Gasteiger partial charge in [-0.15, -0.1) is 0 Å². The first-order chi connectivity index (χ1) is 10.1. The lowest BCUT2D eigenvalue weighted by atomic mass is 9.97. The van der Waals surface area contributed by atoms with Gasteiger partial charge in [0.05, 0.1) is 13.0 Å². The fourth-order valence-corrected chi connectivity index (χ4v) is 2.92. The van der Waals surface area contributed by atoms with E-state index in [4.69, 9.17) is 9.47 Å². The van der Waals surface area contributed by atoms with Crippen LogP contribution in [0.15, 0.2) is 18.7 Å². The van der Waals surface area contributed by atoms with Crippen LogP contribution < -0.4 is 4.74 Å². The molecule has 3 heteroatoms. The standard InChI is InChI=1S/C18H24O3/c1-5-13(4)21-18-14(11-17(19)20-6-2)10-12(3)15-8-7-9-16(15)18/h5,10,13H,1,6-9,11H2,2-4H3. The molecule has 0 radical (unpaired) electrons. The second kappa shape index (κ2) is 6.79. The third kappa shape index (κ3) is 3.46. The van der Waals surface area contributed by atoms with E-state index in [1.165, 1.54) is 16.7 Å². The van der Waals surface area contributed by atoms with Gasteiger partial charge in [0, 0.05) is 5.56 Å². The van der Waals surface area contributed by atoms with E-state index in [0.717, 1.165) is 30.6 Å². The van der Waals surface area contributed by atoms with Crippen LogP contribution in [0.5, 0.6) is 5.75 Å². The minimum atomic E-state index is -0.203. The molecule has 0 bridgehead atoms. The molecule has 0 amide bonds. The number of hydrogen-bond donors (Lipinski definition) is 0. The average molecular weight is 288 g/mol. The van der Waals surface area contributed by atoms with Crippen molar-refractivity contribution < 1.29 is 14.3 Å². The number of rotatable bonds is 6. The van der Waals surface area contributed by atoms with Crippen molar-refractivity contribution in [2.75, 3.05) is 6.61 Å². The predicted octanol–water partition coefficient (Wildman–Crippen LogP) is 3.54. The fraction of sp³-hybridized carbons (Fsp3) is 0.500. The van der Waals surface area contributed by atoms with Crippen LogP contribution in [0.3, 0.4) is 0 Å². The molecule has 0 saturated carbocycles. The number of hydrogen-bond acceptors (Lipinski definition) is 3. The third-order valence-corrected chi connectivity index (χ3v) is 3.93. The highest BCUT2D eigenvalue weighted by molar-refractivity contribution is 5.74. The molecule has 1 aromatic rings. The molecular weight excluding hydrogens is 264 g/mol. The van der Waals surface area contributed by atoms with E-state index in [-0.39, 0.29) is 18.5 Å². The Hall–Kier alpha value is -1.77. The zero-order valence-corrected chi connectivity index (χ0v) is 13.2. The molecule has 0 N–H and O–H groups in total. The van der Waals surface area contributed by atoms with Gasteiger partial charge in [-0.3, -0.25) is 4.79 Å². The number of ether oxygens (including phenoxy) is 2. The highest BCUT2D eigenvalue weighted by Gasteiger charge is 2.23. The van der Waals surface area contributed by atoms with Crippen molar-refractivity contribution in [1.82, 2.24) is 0 Å². The van der Waals surface area contributed by atoms with Crippen LogP contribution in [-0.2, 0) is 28.8 Å². The normalized spacial score (nSPS) is 14.4. The van der Waals surface area contributed by atoms with E-state index >= 15 is 0 Å². The summed E-state index contributed by atoms with van der Waals surface area (Å²) < 4.78 is 11.1. The van der Waals surface area contributed by atoms with Gasteiger partial charge >= 0.3 is 5.97 Å². The lowest BCUT2D eigenvalue weighted by Crippen LogP contribution is -2.14. The Labute approximate surface area is 127 Å². The van der Waals surface area contributed by atoms with Gasteiger partial charge < -0.3 is 9.47 Å². The predicted molar refractivity (Wildman–Crippen MR) is 83.8 cm³/mol. The number of esters is 1. The van der Waals surface area contributed by atoms with Crippen molar-refractivity contribution in [1.29, 1.82) is 0 Å². The minimum absolute atomic E-state index is 0.0710. The van der Waals surface area contributed by atoms with Gasteiger partial charge in [0.2, 0.25) is 0 Å². The summed E-state index contributed by atoms with van der Waals surface area (Å²) in [6.07, 6.45) is 5.23. The van der Waals surface area contributed by atoms with Crippen molar-refractivity contribution in [3.8, 4) is 5.75 Å². The van der Waals surface area contributed by atoms with Gasteiger partial charge in [0.15, 0.2) is 0 Å². The van der Waals surface area contributed by atoms with Crippen molar-refractivity contribution in [2.24, 2.45) is 0 Å². The monoisotopic (exact) mass is 288 g/mol. The van der Waals surface area contributed by atoms with Gasteiger partial charge in [-0.05, 0) is 56.7 Å². The molecule has 2 rings (SSSR count). The number of carbonyl (C=O) groups is 1. The molecule has 1 aromatic carbocycles. The summed E-state index contributed by atoms with van der Waals surface area (Å²) >= 11 is 0. The zero-order chi connectivity index (χ0) is 15.4. The van der Waals surface area contributed by atoms with Crippen molar-refractivity contribution in [2.45, 2.75) is 52.6 Å². The van der Waals surface area contributed by atoms with Crippen LogP contribution in [0, 0.1) is 6.92 Å². The summed E-state index contributed by atoms with van der Waals surface area (Å²) in [6, 6.07) is 2.08. The number of fused-ring (bicyclic) bond motifs is 1. The molecule has 1 atom stereocenters. The van der Waals surface area contributed by atoms with E-state index in [1.807, 2.05) is 13.8 Å². The van der Waals surface area contributed by atoms with E-state index in [2.05, 4.69) is 19.6 Å². The quantitative estimate of drug-likeness (QED) is 0.593. The van der Waals surface area contributed by atoms with Gasteiger partial charge in [-0.2, -0.15) is 0 Å². The number of carbonyl (C=O) groups excluding carboxylic acids is 1. The van der Waals surface area contributed by atoms with Gasteiger partial charge in [-0.1, -0.05) is 18.7 Å². The minimum Gasteiger partial charge on any atom is -0.486 e. The lowest BCUT2D eigenvalue weighted by Gasteiger charge is -2.20.